The second kappa shape index (κ2) is 5.25. The molecule has 1 fully saturated rings. The number of thioether (sulfide) groups is 1. The highest BCUT2D eigenvalue weighted by Crippen LogP contribution is 2.32. The number of fused-ring (bicyclic) bond motifs is 1. The molecule has 0 saturated heterocycles. The topological polar surface area (TPSA) is 57.8 Å². The fourth-order valence-corrected chi connectivity index (χ4v) is 2.84. The molecule has 2 aromatic rings. The highest BCUT2D eigenvalue weighted by Gasteiger charge is 2.28. The molecule has 0 bridgehead atoms. The Morgan fingerprint density at radius 1 is 1.53 bits per heavy atom. The van der Waals surface area contributed by atoms with Crippen LogP contribution in [0.15, 0.2) is 29.4 Å². The van der Waals surface area contributed by atoms with E-state index in [1.165, 1.54) is 24.6 Å². The minimum absolute atomic E-state index is 0.0878. The molecular formula is C14H17N3OS. The van der Waals surface area contributed by atoms with Crippen LogP contribution < -0.4 is 5.32 Å². The van der Waals surface area contributed by atoms with Gasteiger partial charge in [-0.05, 0) is 37.8 Å². The monoisotopic (exact) mass is 275 g/mol. The van der Waals surface area contributed by atoms with Crippen molar-refractivity contribution in [1.82, 2.24) is 15.3 Å². The molecule has 3 rings (SSSR count). The van der Waals surface area contributed by atoms with Crippen LogP contribution >= 0.6 is 11.8 Å². The molecule has 0 aliphatic heterocycles. The summed E-state index contributed by atoms with van der Waals surface area (Å²) >= 11 is 1.45. The van der Waals surface area contributed by atoms with Crippen LogP contribution in [-0.4, -0.2) is 27.7 Å². The van der Waals surface area contributed by atoms with Crippen molar-refractivity contribution in [3.05, 3.63) is 24.3 Å². The van der Waals surface area contributed by atoms with Gasteiger partial charge in [-0.3, -0.25) is 4.79 Å². The second-order valence-electron chi connectivity index (χ2n) is 5.04. The fourth-order valence-electron chi connectivity index (χ4n) is 2.14. The molecule has 1 saturated carbocycles. The molecule has 0 radical (unpaired) electrons. The van der Waals surface area contributed by atoms with Gasteiger partial charge in [-0.2, -0.15) is 0 Å². The number of rotatable bonds is 5. The standard InChI is InChI=1S/C14H17N3OS/c1-9(10-6-7-10)15-13(18)8-19-14-16-11-4-2-3-5-12(11)17-14/h2-5,9-10H,6-8H2,1H3,(H,15,18)(H,16,17)/t9-/m1/s1. The molecule has 19 heavy (non-hydrogen) atoms. The fraction of sp³-hybridized carbons (Fsp3) is 0.429. The second-order valence-corrected chi connectivity index (χ2v) is 6.01. The van der Waals surface area contributed by atoms with E-state index in [2.05, 4.69) is 22.2 Å². The number of nitrogens with zero attached hydrogens (tertiary/aromatic N) is 1. The van der Waals surface area contributed by atoms with Gasteiger partial charge >= 0.3 is 0 Å². The van der Waals surface area contributed by atoms with Crippen LogP contribution in [0.25, 0.3) is 11.0 Å². The highest BCUT2D eigenvalue weighted by atomic mass is 32.2. The zero-order valence-corrected chi connectivity index (χ0v) is 11.7. The molecule has 0 unspecified atom stereocenters. The molecule has 2 N–H and O–H groups in total. The van der Waals surface area contributed by atoms with Gasteiger partial charge in [-0.15, -0.1) is 0 Å². The third-order valence-electron chi connectivity index (χ3n) is 3.43. The van der Waals surface area contributed by atoms with E-state index >= 15 is 0 Å². The van der Waals surface area contributed by atoms with Crippen molar-refractivity contribution in [3.63, 3.8) is 0 Å². The Kier molecular flexibility index (Phi) is 3.46. The number of hydrogen-bond donors (Lipinski definition) is 2. The lowest BCUT2D eigenvalue weighted by Crippen LogP contribution is -2.35. The van der Waals surface area contributed by atoms with Gasteiger partial charge in [0, 0.05) is 6.04 Å². The number of hydrogen-bond acceptors (Lipinski definition) is 3. The van der Waals surface area contributed by atoms with Crippen molar-refractivity contribution in [2.75, 3.05) is 5.75 Å². The Labute approximate surface area is 116 Å². The number of amides is 1. The lowest BCUT2D eigenvalue weighted by molar-refractivity contribution is -0.119. The minimum atomic E-state index is 0.0878. The molecule has 100 valence electrons. The van der Waals surface area contributed by atoms with Crippen molar-refractivity contribution in [1.29, 1.82) is 0 Å². The summed E-state index contributed by atoms with van der Waals surface area (Å²) in [6, 6.07) is 8.19. The van der Waals surface area contributed by atoms with Gasteiger partial charge in [0.1, 0.15) is 0 Å². The average molecular weight is 275 g/mol. The van der Waals surface area contributed by atoms with E-state index in [0.29, 0.717) is 17.7 Å². The van der Waals surface area contributed by atoms with Crippen LogP contribution in [0.5, 0.6) is 0 Å². The summed E-state index contributed by atoms with van der Waals surface area (Å²) in [6.07, 6.45) is 2.50. The zero-order valence-electron chi connectivity index (χ0n) is 10.8. The average Bonchev–Trinajstić information content (AvgIpc) is 3.16. The van der Waals surface area contributed by atoms with Crippen molar-refractivity contribution in [3.8, 4) is 0 Å². The number of carbonyl (C=O) groups excluding carboxylic acids is 1. The number of nitrogens with one attached hydrogen (secondary N) is 2. The Balaban J connectivity index is 1.54. The molecular weight excluding hydrogens is 258 g/mol. The number of H-pyrrole nitrogens is 1. The molecule has 4 nitrogen and oxygen atoms in total. The predicted octanol–water partition coefficient (Wildman–Crippen LogP) is 2.57. The van der Waals surface area contributed by atoms with Gasteiger partial charge in [-0.25, -0.2) is 4.98 Å². The molecule has 1 amide bonds. The molecule has 1 aliphatic carbocycles. The van der Waals surface area contributed by atoms with Gasteiger partial charge in [0.2, 0.25) is 5.91 Å². The first-order chi connectivity index (χ1) is 9.22. The zero-order chi connectivity index (χ0) is 13.2. The Bertz CT molecular complexity index is 558. The van der Waals surface area contributed by atoms with E-state index in [1.807, 2.05) is 24.3 Å². The number of aromatic amines is 1. The molecule has 1 aliphatic rings. The summed E-state index contributed by atoms with van der Waals surface area (Å²) in [5.74, 6) is 1.20. The molecule has 1 heterocycles. The molecule has 5 heteroatoms. The number of benzene rings is 1. The largest absolute Gasteiger partial charge is 0.353 e. The first kappa shape index (κ1) is 12.5. The maximum atomic E-state index is 11.8. The van der Waals surface area contributed by atoms with Crippen LogP contribution in [0.2, 0.25) is 0 Å². The Morgan fingerprint density at radius 2 is 2.32 bits per heavy atom. The van der Waals surface area contributed by atoms with E-state index in [4.69, 9.17) is 0 Å². The number of aromatic nitrogens is 2. The summed E-state index contributed by atoms with van der Waals surface area (Å²) in [6.45, 7) is 2.08. The van der Waals surface area contributed by atoms with Crippen LogP contribution in [0, 0.1) is 5.92 Å². The highest BCUT2D eigenvalue weighted by molar-refractivity contribution is 7.99. The van der Waals surface area contributed by atoms with Crippen LogP contribution in [0.4, 0.5) is 0 Å². The van der Waals surface area contributed by atoms with E-state index in [-0.39, 0.29) is 5.91 Å². The van der Waals surface area contributed by atoms with Crippen LogP contribution in [0.1, 0.15) is 19.8 Å². The van der Waals surface area contributed by atoms with Gasteiger partial charge in [0.25, 0.3) is 0 Å². The third-order valence-corrected chi connectivity index (χ3v) is 4.30. The normalized spacial score (nSPS) is 16.5. The smallest absolute Gasteiger partial charge is 0.230 e. The first-order valence-electron chi connectivity index (χ1n) is 6.59. The maximum absolute atomic E-state index is 11.8. The van der Waals surface area contributed by atoms with Gasteiger partial charge in [0.15, 0.2) is 5.16 Å². The van der Waals surface area contributed by atoms with E-state index in [0.717, 1.165) is 16.2 Å². The lowest BCUT2D eigenvalue weighted by atomic mass is 10.2. The predicted molar refractivity (Wildman–Crippen MR) is 77.1 cm³/mol. The maximum Gasteiger partial charge on any atom is 0.230 e. The molecule has 1 aromatic heterocycles. The van der Waals surface area contributed by atoms with Crippen LogP contribution in [-0.2, 0) is 4.79 Å². The summed E-state index contributed by atoms with van der Waals surface area (Å²) in [5, 5.41) is 3.85. The van der Waals surface area contributed by atoms with Crippen LogP contribution in [0.3, 0.4) is 0 Å². The van der Waals surface area contributed by atoms with Crippen molar-refractivity contribution in [2.24, 2.45) is 5.92 Å². The Morgan fingerprint density at radius 3 is 3.05 bits per heavy atom. The molecule has 0 spiro atoms. The number of imidazole rings is 1. The summed E-state index contributed by atoms with van der Waals surface area (Å²) in [4.78, 5) is 19.5. The van der Waals surface area contributed by atoms with Gasteiger partial charge in [-0.1, -0.05) is 23.9 Å². The summed E-state index contributed by atoms with van der Waals surface area (Å²) < 4.78 is 0. The van der Waals surface area contributed by atoms with Crippen molar-refractivity contribution in [2.45, 2.75) is 31.0 Å². The minimum Gasteiger partial charge on any atom is -0.353 e. The third kappa shape index (κ3) is 3.10. The van der Waals surface area contributed by atoms with Gasteiger partial charge < -0.3 is 10.3 Å². The van der Waals surface area contributed by atoms with E-state index in [9.17, 15) is 4.79 Å². The SMILES string of the molecule is C[C@@H](NC(=O)CSc1nc2ccccc2[nH]1)C1CC1. The number of carbonyl (C=O) groups is 1. The van der Waals surface area contributed by atoms with Gasteiger partial charge in [0.05, 0.1) is 16.8 Å². The molecule has 1 atom stereocenters. The van der Waals surface area contributed by atoms with E-state index in [1.54, 1.807) is 0 Å². The first-order valence-corrected chi connectivity index (χ1v) is 7.58. The number of para-hydroxylation sites is 2. The quantitative estimate of drug-likeness (QED) is 0.825. The summed E-state index contributed by atoms with van der Waals surface area (Å²) in [5.41, 5.74) is 1.95. The van der Waals surface area contributed by atoms with E-state index < -0.39 is 0 Å². The lowest BCUT2D eigenvalue weighted by Gasteiger charge is -2.11. The van der Waals surface area contributed by atoms with Crippen molar-refractivity contribution < 1.29 is 4.79 Å². The Hall–Kier alpha value is -1.49. The summed E-state index contributed by atoms with van der Waals surface area (Å²) in [7, 11) is 0. The van der Waals surface area contributed by atoms with Crippen molar-refractivity contribution >= 4 is 28.7 Å². The molecule has 1 aromatic carbocycles.